The molecule has 1 aromatic rings. The molecule has 0 aliphatic heterocycles. The van der Waals surface area contributed by atoms with Gasteiger partial charge in [0.15, 0.2) is 0 Å². The molecule has 0 saturated heterocycles. The largest absolute Gasteiger partial charge is 0.558 e. The van der Waals surface area contributed by atoms with Gasteiger partial charge in [0.25, 0.3) is 0 Å². The van der Waals surface area contributed by atoms with Crippen LogP contribution in [0.3, 0.4) is 0 Å². The molecule has 1 nitrogen and oxygen atoms in total. The fourth-order valence-corrected chi connectivity index (χ4v) is 0.821. The summed E-state index contributed by atoms with van der Waals surface area (Å²) in [5.74, 6) is -1.16. The first-order valence-corrected chi connectivity index (χ1v) is 3.30. The van der Waals surface area contributed by atoms with Gasteiger partial charge in [-0.05, 0) is 5.56 Å². The van der Waals surface area contributed by atoms with Crippen molar-refractivity contribution < 1.29 is 8.63 Å². The van der Waals surface area contributed by atoms with E-state index in [1.54, 1.807) is 30.3 Å². The summed E-state index contributed by atoms with van der Waals surface area (Å²) in [5.41, 5.74) is 5.66. The summed E-state index contributed by atoms with van der Waals surface area (Å²) in [6.45, 7) is 0. The molecule has 0 bridgehead atoms. The lowest BCUT2D eigenvalue weighted by Crippen LogP contribution is -2.22. The number of rotatable bonds is 2. The SMILES string of the molecule is NC(B(F)F)c1ccccc1. The number of benzene rings is 1. The molecule has 4 heteroatoms. The Morgan fingerprint density at radius 3 is 2.18 bits per heavy atom. The van der Waals surface area contributed by atoms with Crippen LogP contribution in [0.5, 0.6) is 0 Å². The highest BCUT2D eigenvalue weighted by Gasteiger charge is 2.24. The summed E-state index contributed by atoms with van der Waals surface area (Å²) in [6, 6.07) is 8.34. The van der Waals surface area contributed by atoms with Crippen molar-refractivity contribution in [3.8, 4) is 0 Å². The molecule has 11 heavy (non-hydrogen) atoms. The summed E-state index contributed by atoms with van der Waals surface area (Å²) >= 11 is 0. The van der Waals surface area contributed by atoms with Crippen LogP contribution in [0.1, 0.15) is 11.5 Å². The van der Waals surface area contributed by atoms with Gasteiger partial charge in [0, 0.05) is 0 Å². The van der Waals surface area contributed by atoms with Gasteiger partial charge in [-0.1, -0.05) is 30.3 Å². The molecule has 0 aliphatic carbocycles. The number of hydrogen-bond acceptors (Lipinski definition) is 1. The van der Waals surface area contributed by atoms with Crippen molar-refractivity contribution in [3.05, 3.63) is 35.9 Å². The van der Waals surface area contributed by atoms with Gasteiger partial charge in [-0.3, -0.25) is 8.63 Å². The van der Waals surface area contributed by atoms with E-state index in [9.17, 15) is 8.63 Å². The van der Waals surface area contributed by atoms with Crippen molar-refractivity contribution in [3.63, 3.8) is 0 Å². The third-order valence-corrected chi connectivity index (χ3v) is 1.46. The minimum absolute atomic E-state index is 0.475. The first kappa shape index (κ1) is 8.20. The molecule has 0 heterocycles. The Morgan fingerprint density at radius 1 is 1.18 bits per heavy atom. The van der Waals surface area contributed by atoms with E-state index in [0.717, 1.165) is 0 Å². The van der Waals surface area contributed by atoms with Crippen molar-refractivity contribution in [2.45, 2.75) is 5.94 Å². The normalized spacial score (nSPS) is 12.6. The van der Waals surface area contributed by atoms with Crippen molar-refractivity contribution in [1.29, 1.82) is 0 Å². The van der Waals surface area contributed by atoms with Gasteiger partial charge in [0.1, 0.15) is 0 Å². The Morgan fingerprint density at radius 2 is 1.73 bits per heavy atom. The lowest BCUT2D eigenvalue weighted by molar-refractivity contribution is 0.617. The summed E-state index contributed by atoms with van der Waals surface area (Å²) in [4.78, 5) is 0. The van der Waals surface area contributed by atoms with Gasteiger partial charge in [-0.2, -0.15) is 0 Å². The molecule has 0 saturated carbocycles. The molecule has 1 rings (SSSR count). The molecular weight excluding hydrogens is 147 g/mol. The zero-order chi connectivity index (χ0) is 8.27. The van der Waals surface area contributed by atoms with Gasteiger partial charge in [0.05, 0.1) is 5.94 Å². The maximum atomic E-state index is 12.0. The smallest absolute Gasteiger partial charge is 0.325 e. The van der Waals surface area contributed by atoms with Crippen LogP contribution < -0.4 is 5.73 Å². The van der Waals surface area contributed by atoms with E-state index in [-0.39, 0.29) is 0 Å². The average molecular weight is 155 g/mol. The van der Waals surface area contributed by atoms with E-state index in [2.05, 4.69) is 0 Å². The lowest BCUT2D eigenvalue weighted by Gasteiger charge is -2.06. The third kappa shape index (κ3) is 2.01. The Balaban J connectivity index is 2.77. The molecule has 0 spiro atoms. The quantitative estimate of drug-likeness (QED) is 0.645. The van der Waals surface area contributed by atoms with Gasteiger partial charge < -0.3 is 5.73 Å². The second-order valence-electron chi connectivity index (χ2n) is 2.27. The average Bonchev–Trinajstić information content (AvgIpc) is 2.05. The van der Waals surface area contributed by atoms with E-state index >= 15 is 0 Å². The zero-order valence-electron chi connectivity index (χ0n) is 5.87. The molecular formula is C7H8BF2N. The minimum atomic E-state index is -2.49. The van der Waals surface area contributed by atoms with E-state index in [1.807, 2.05) is 0 Å². The second-order valence-corrected chi connectivity index (χ2v) is 2.27. The lowest BCUT2D eigenvalue weighted by atomic mass is 9.81. The van der Waals surface area contributed by atoms with Crippen molar-refractivity contribution in [2.75, 3.05) is 0 Å². The molecule has 0 fully saturated rings. The number of halogens is 2. The fraction of sp³-hybridized carbons (Fsp3) is 0.143. The van der Waals surface area contributed by atoms with Gasteiger partial charge in [-0.15, -0.1) is 0 Å². The monoisotopic (exact) mass is 155 g/mol. The van der Waals surface area contributed by atoms with Crippen LogP contribution >= 0.6 is 0 Å². The standard InChI is InChI=1S/C7H8BF2N/c9-8(10)7(11)6-4-2-1-3-5-6/h1-5,7H,11H2. The van der Waals surface area contributed by atoms with E-state index in [4.69, 9.17) is 5.73 Å². The molecule has 0 radical (unpaired) electrons. The highest BCUT2D eigenvalue weighted by Crippen LogP contribution is 2.13. The first-order chi connectivity index (χ1) is 5.22. The predicted octanol–water partition coefficient (Wildman–Crippen LogP) is 1.65. The molecule has 1 atom stereocenters. The maximum absolute atomic E-state index is 12.0. The van der Waals surface area contributed by atoms with Gasteiger partial charge >= 0.3 is 7.27 Å². The Hall–Kier alpha value is -0.895. The van der Waals surface area contributed by atoms with Crippen LogP contribution in [0.2, 0.25) is 0 Å². The summed E-state index contributed by atoms with van der Waals surface area (Å²) in [6.07, 6.45) is 0. The molecule has 0 aromatic heterocycles. The van der Waals surface area contributed by atoms with Crippen LogP contribution in [0.25, 0.3) is 0 Å². The Kier molecular flexibility index (Phi) is 2.60. The second kappa shape index (κ2) is 3.48. The summed E-state index contributed by atoms with van der Waals surface area (Å²) in [5, 5.41) is 0. The minimum Gasteiger partial charge on any atom is -0.325 e. The van der Waals surface area contributed by atoms with Crippen LogP contribution in [0.15, 0.2) is 30.3 Å². The van der Waals surface area contributed by atoms with Gasteiger partial charge in [0.2, 0.25) is 0 Å². The van der Waals surface area contributed by atoms with E-state index in [1.165, 1.54) is 0 Å². The third-order valence-electron chi connectivity index (χ3n) is 1.46. The molecule has 2 N–H and O–H groups in total. The highest BCUT2D eigenvalue weighted by atomic mass is 19.2. The fourth-order valence-electron chi connectivity index (χ4n) is 0.821. The van der Waals surface area contributed by atoms with E-state index < -0.39 is 13.2 Å². The van der Waals surface area contributed by atoms with Gasteiger partial charge in [-0.25, -0.2) is 0 Å². The molecule has 0 amide bonds. The number of hydrogen-bond donors (Lipinski definition) is 1. The molecule has 58 valence electrons. The van der Waals surface area contributed by atoms with Crippen LogP contribution in [-0.4, -0.2) is 7.27 Å². The van der Waals surface area contributed by atoms with Crippen LogP contribution in [0.4, 0.5) is 8.63 Å². The Bertz CT molecular complexity index is 215. The predicted molar refractivity (Wildman–Crippen MR) is 41.3 cm³/mol. The van der Waals surface area contributed by atoms with Crippen molar-refractivity contribution >= 4 is 7.27 Å². The van der Waals surface area contributed by atoms with E-state index in [0.29, 0.717) is 5.56 Å². The maximum Gasteiger partial charge on any atom is 0.558 e. The van der Waals surface area contributed by atoms with Crippen molar-refractivity contribution in [2.24, 2.45) is 5.73 Å². The highest BCUT2D eigenvalue weighted by molar-refractivity contribution is 6.44. The summed E-state index contributed by atoms with van der Waals surface area (Å²) < 4.78 is 24.0. The van der Waals surface area contributed by atoms with Crippen LogP contribution in [0, 0.1) is 0 Å². The zero-order valence-corrected chi connectivity index (χ0v) is 5.87. The topological polar surface area (TPSA) is 26.0 Å². The summed E-state index contributed by atoms with van der Waals surface area (Å²) in [7, 11) is -2.49. The number of nitrogens with two attached hydrogens (primary N) is 1. The first-order valence-electron chi connectivity index (χ1n) is 3.30. The Labute approximate surface area is 64.4 Å². The molecule has 0 aliphatic rings. The molecule has 1 aromatic carbocycles. The van der Waals surface area contributed by atoms with Crippen molar-refractivity contribution in [1.82, 2.24) is 0 Å². The molecule has 1 unspecified atom stereocenters. The van der Waals surface area contributed by atoms with Crippen LogP contribution in [-0.2, 0) is 0 Å².